The Bertz CT molecular complexity index is 328. The number of nitrogens with zero attached hydrogens (tertiary/aromatic N) is 1. The van der Waals surface area contributed by atoms with E-state index in [4.69, 9.17) is 0 Å². The highest BCUT2D eigenvalue weighted by Gasteiger charge is 2.30. The highest BCUT2D eigenvalue weighted by atomic mass is 35.5. The van der Waals surface area contributed by atoms with Gasteiger partial charge in [-0.1, -0.05) is 12.8 Å². The molecule has 102 valence electrons. The Morgan fingerprint density at radius 2 is 1.94 bits per heavy atom. The van der Waals surface area contributed by atoms with Crippen LogP contribution in [-0.4, -0.2) is 44.2 Å². The molecule has 0 aromatic carbocycles. The summed E-state index contributed by atoms with van der Waals surface area (Å²) in [5.41, 5.74) is 0. The molecule has 1 atom stereocenters. The minimum Gasteiger partial charge on any atom is -0.312 e. The van der Waals surface area contributed by atoms with E-state index in [1.54, 1.807) is 4.31 Å². The number of hydrogen-bond donors (Lipinski definition) is 1. The monoisotopic (exact) mass is 282 g/mol. The smallest absolute Gasteiger partial charge is 0.214 e. The van der Waals surface area contributed by atoms with Crippen molar-refractivity contribution in [2.45, 2.75) is 38.6 Å². The van der Waals surface area contributed by atoms with E-state index in [0.29, 0.717) is 24.8 Å². The third kappa shape index (κ3) is 4.09. The molecule has 0 amide bonds. The molecule has 1 saturated heterocycles. The molecule has 1 aliphatic heterocycles. The summed E-state index contributed by atoms with van der Waals surface area (Å²) < 4.78 is 26.0. The fourth-order valence-electron chi connectivity index (χ4n) is 2.73. The van der Waals surface area contributed by atoms with E-state index in [2.05, 4.69) is 5.32 Å². The van der Waals surface area contributed by atoms with E-state index < -0.39 is 10.0 Å². The van der Waals surface area contributed by atoms with Crippen molar-refractivity contribution >= 4 is 22.4 Å². The van der Waals surface area contributed by atoms with Crippen LogP contribution in [-0.2, 0) is 10.0 Å². The molecule has 1 heterocycles. The van der Waals surface area contributed by atoms with Gasteiger partial charge >= 0.3 is 0 Å². The lowest BCUT2D eigenvalue weighted by Gasteiger charge is -2.31. The van der Waals surface area contributed by atoms with Gasteiger partial charge in [0.2, 0.25) is 10.0 Å². The molecule has 1 unspecified atom stereocenters. The van der Waals surface area contributed by atoms with Crippen LogP contribution in [0.5, 0.6) is 0 Å². The Kier molecular flexibility index (Phi) is 5.70. The van der Waals surface area contributed by atoms with Gasteiger partial charge in [-0.3, -0.25) is 0 Å². The summed E-state index contributed by atoms with van der Waals surface area (Å²) in [6, 6.07) is 0.284. The van der Waals surface area contributed by atoms with Gasteiger partial charge in [0.25, 0.3) is 0 Å². The molecule has 4 nitrogen and oxygen atoms in total. The van der Waals surface area contributed by atoms with Gasteiger partial charge in [-0.25, -0.2) is 8.42 Å². The quantitative estimate of drug-likeness (QED) is 0.847. The van der Waals surface area contributed by atoms with Gasteiger partial charge in [0.05, 0.1) is 5.75 Å². The fourth-order valence-corrected chi connectivity index (χ4v) is 4.69. The Balaban J connectivity index is 0.00000144. The second-order valence-electron chi connectivity index (χ2n) is 5.14. The summed E-state index contributed by atoms with van der Waals surface area (Å²) in [6.45, 7) is 4.09. The minimum absolute atomic E-state index is 0. The van der Waals surface area contributed by atoms with Crippen LogP contribution in [0.1, 0.15) is 32.6 Å². The van der Waals surface area contributed by atoms with Crippen LogP contribution in [0.25, 0.3) is 0 Å². The zero-order valence-corrected chi connectivity index (χ0v) is 12.0. The third-order valence-electron chi connectivity index (χ3n) is 3.65. The Morgan fingerprint density at radius 3 is 2.53 bits per heavy atom. The lowest BCUT2D eigenvalue weighted by Crippen LogP contribution is -2.52. The Labute approximate surface area is 111 Å². The number of halogens is 1. The van der Waals surface area contributed by atoms with Crippen molar-refractivity contribution in [3.63, 3.8) is 0 Å². The van der Waals surface area contributed by atoms with E-state index in [1.165, 1.54) is 12.8 Å². The van der Waals surface area contributed by atoms with Crippen molar-refractivity contribution in [2.24, 2.45) is 5.92 Å². The summed E-state index contributed by atoms with van der Waals surface area (Å²) in [6.07, 6.45) is 4.61. The summed E-state index contributed by atoms with van der Waals surface area (Å²) in [5.74, 6) is 0.787. The maximum atomic E-state index is 12.2. The normalized spacial score (nSPS) is 27.9. The SMILES string of the molecule is CC1CN(S(=O)(=O)CC2CCCC2)CCN1.Cl. The predicted octanol–water partition coefficient (Wildman–Crippen LogP) is 1.22. The van der Waals surface area contributed by atoms with Crippen molar-refractivity contribution < 1.29 is 8.42 Å². The Hall–Kier alpha value is 0.160. The Morgan fingerprint density at radius 1 is 1.29 bits per heavy atom. The van der Waals surface area contributed by atoms with Gasteiger partial charge in [0.15, 0.2) is 0 Å². The highest BCUT2D eigenvalue weighted by molar-refractivity contribution is 7.89. The van der Waals surface area contributed by atoms with Crippen molar-refractivity contribution in [3.05, 3.63) is 0 Å². The second kappa shape index (κ2) is 6.36. The molecule has 0 bridgehead atoms. The average Bonchev–Trinajstić information content (AvgIpc) is 2.70. The molecule has 1 aliphatic carbocycles. The zero-order chi connectivity index (χ0) is 11.6. The highest BCUT2D eigenvalue weighted by Crippen LogP contribution is 2.27. The van der Waals surface area contributed by atoms with Gasteiger partial charge in [-0.05, 0) is 25.7 Å². The molecule has 0 spiro atoms. The lowest BCUT2D eigenvalue weighted by atomic mass is 10.1. The first kappa shape index (κ1) is 15.2. The number of sulfonamides is 1. The molecule has 1 saturated carbocycles. The number of hydrogen-bond acceptors (Lipinski definition) is 3. The molecule has 2 rings (SSSR count). The van der Waals surface area contributed by atoms with E-state index in [1.807, 2.05) is 6.92 Å². The molecule has 1 N–H and O–H groups in total. The molecule has 0 radical (unpaired) electrons. The molecule has 2 fully saturated rings. The van der Waals surface area contributed by atoms with Crippen LogP contribution in [0.3, 0.4) is 0 Å². The number of piperazine rings is 1. The molecular weight excluding hydrogens is 260 g/mol. The van der Waals surface area contributed by atoms with Gasteiger partial charge in [-0.2, -0.15) is 4.31 Å². The largest absolute Gasteiger partial charge is 0.312 e. The second-order valence-corrected chi connectivity index (χ2v) is 7.16. The van der Waals surface area contributed by atoms with Crippen LogP contribution in [0.15, 0.2) is 0 Å². The van der Waals surface area contributed by atoms with Crippen LogP contribution in [0, 0.1) is 5.92 Å². The molecule has 0 aromatic rings. The van der Waals surface area contributed by atoms with Gasteiger partial charge in [0.1, 0.15) is 0 Å². The average molecular weight is 283 g/mol. The summed E-state index contributed by atoms with van der Waals surface area (Å²) >= 11 is 0. The topological polar surface area (TPSA) is 49.4 Å². The standard InChI is InChI=1S/C11H22N2O2S.ClH/c1-10-8-13(7-6-12-10)16(14,15)9-11-4-2-3-5-11;/h10-12H,2-9H2,1H3;1H. The van der Waals surface area contributed by atoms with Gasteiger partial charge in [-0.15, -0.1) is 12.4 Å². The fraction of sp³-hybridized carbons (Fsp3) is 1.00. The van der Waals surface area contributed by atoms with Crippen LogP contribution in [0.2, 0.25) is 0 Å². The predicted molar refractivity (Wildman–Crippen MR) is 72.0 cm³/mol. The summed E-state index contributed by atoms with van der Waals surface area (Å²) in [7, 11) is -3.01. The zero-order valence-electron chi connectivity index (χ0n) is 10.4. The maximum Gasteiger partial charge on any atom is 0.214 e. The van der Waals surface area contributed by atoms with E-state index >= 15 is 0 Å². The first-order chi connectivity index (χ1) is 7.58. The van der Waals surface area contributed by atoms with Gasteiger partial charge in [0, 0.05) is 25.7 Å². The van der Waals surface area contributed by atoms with Gasteiger partial charge < -0.3 is 5.32 Å². The van der Waals surface area contributed by atoms with Crippen LogP contribution in [0.4, 0.5) is 0 Å². The van der Waals surface area contributed by atoms with Crippen LogP contribution >= 0.6 is 12.4 Å². The van der Waals surface area contributed by atoms with Crippen molar-refractivity contribution in [3.8, 4) is 0 Å². The van der Waals surface area contributed by atoms with Crippen LogP contribution < -0.4 is 5.32 Å². The van der Waals surface area contributed by atoms with Crippen molar-refractivity contribution in [1.82, 2.24) is 9.62 Å². The first-order valence-corrected chi connectivity index (χ1v) is 7.90. The molecule has 6 heteroatoms. The summed E-state index contributed by atoms with van der Waals surface area (Å²) in [5, 5.41) is 3.27. The van der Waals surface area contributed by atoms with E-state index in [9.17, 15) is 8.42 Å². The van der Waals surface area contributed by atoms with Crippen molar-refractivity contribution in [2.75, 3.05) is 25.4 Å². The molecular formula is C11H23ClN2O2S. The molecule has 2 aliphatic rings. The van der Waals surface area contributed by atoms with E-state index in [-0.39, 0.29) is 18.4 Å². The first-order valence-electron chi connectivity index (χ1n) is 6.29. The third-order valence-corrected chi connectivity index (χ3v) is 5.66. The summed E-state index contributed by atoms with van der Waals surface area (Å²) in [4.78, 5) is 0. The minimum atomic E-state index is -3.01. The molecule has 17 heavy (non-hydrogen) atoms. The number of rotatable bonds is 3. The lowest BCUT2D eigenvalue weighted by molar-refractivity contribution is 0.308. The maximum absolute atomic E-state index is 12.2. The van der Waals surface area contributed by atoms with Crippen molar-refractivity contribution in [1.29, 1.82) is 0 Å². The number of nitrogens with one attached hydrogen (secondary N) is 1. The van der Waals surface area contributed by atoms with E-state index in [0.717, 1.165) is 19.4 Å². The molecule has 0 aromatic heterocycles.